The third-order valence-electron chi connectivity index (χ3n) is 10.1. The fraction of sp³-hybridized carbons (Fsp3) is 0.467. The molecule has 0 unspecified atom stereocenters. The fourth-order valence-electron chi connectivity index (χ4n) is 7.37. The van der Waals surface area contributed by atoms with Crippen LogP contribution in [-0.4, -0.2) is 4.90 Å². The molecule has 2 heteroatoms. The number of hydrogen-bond acceptors (Lipinski definition) is 0. The lowest BCUT2D eigenvalue weighted by atomic mass is 10.1. The summed E-state index contributed by atoms with van der Waals surface area (Å²) < 4.78 is 0. The topological polar surface area (TPSA) is 0 Å². The Bertz CT molecular complexity index is 1270. The van der Waals surface area contributed by atoms with Crippen LogP contribution in [-0.2, 0) is 25.7 Å². The third kappa shape index (κ3) is 9.05. The van der Waals surface area contributed by atoms with Crippen LogP contribution < -0.4 is 21.2 Å². The van der Waals surface area contributed by atoms with Crippen molar-refractivity contribution in [2.24, 2.45) is 0 Å². The number of unbranched alkanes of at least 4 members (excludes halogenated alkanes) is 4. The second kappa shape index (κ2) is 19.7. The Kier molecular flexibility index (Phi) is 15.7. The van der Waals surface area contributed by atoms with Gasteiger partial charge in [0.05, 0.1) is 0 Å². The normalized spacial score (nSPS) is 11.9. The molecule has 252 valence electrons. The van der Waals surface area contributed by atoms with E-state index in [1.54, 1.807) is 43.5 Å². The molecular formula is C45H62P2. The molecule has 0 fully saturated rings. The van der Waals surface area contributed by atoms with Crippen molar-refractivity contribution in [1.29, 1.82) is 0 Å². The highest BCUT2D eigenvalue weighted by molar-refractivity contribution is 7.91. The van der Waals surface area contributed by atoms with Crippen molar-refractivity contribution >= 4 is 37.1 Å². The lowest BCUT2D eigenvalue weighted by molar-refractivity contribution is 0.722. The van der Waals surface area contributed by atoms with Gasteiger partial charge in [-0.05, 0) is 124 Å². The zero-order chi connectivity index (χ0) is 33.5. The van der Waals surface area contributed by atoms with Gasteiger partial charge in [-0.25, -0.2) is 0 Å². The van der Waals surface area contributed by atoms with E-state index in [4.69, 9.17) is 0 Å². The van der Waals surface area contributed by atoms with Crippen molar-refractivity contribution < 1.29 is 0 Å². The Balaban J connectivity index is 2.13. The zero-order valence-electron chi connectivity index (χ0n) is 30.5. The minimum absolute atomic E-state index is 0.111. The average Bonchev–Trinajstić information content (AvgIpc) is 3.12. The van der Waals surface area contributed by atoms with Crippen LogP contribution in [0.15, 0.2) is 97.1 Å². The van der Waals surface area contributed by atoms with Gasteiger partial charge in [-0.15, -0.1) is 0 Å². The standard InChI is InChI=1S/C45H62P2/c1-7-13-25-37-29-17-21-33-41(37)46(42-34-22-18-30-38(42)26-14-8-2)45(11-5,12-6)47(43-35-23-19-31-39(43)27-15-9-3)44-36-24-20-32-40(44)28-16-10-4/h17-24,29-36H,7-16,25-28H2,1-6H3. The highest BCUT2D eigenvalue weighted by Gasteiger charge is 2.47. The van der Waals surface area contributed by atoms with Crippen LogP contribution in [0.2, 0.25) is 0 Å². The molecule has 0 N–H and O–H groups in total. The van der Waals surface area contributed by atoms with Gasteiger partial charge in [-0.3, -0.25) is 0 Å². The molecule has 4 aromatic carbocycles. The third-order valence-corrected chi connectivity index (χ3v) is 17.9. The monoisotopic (exact) mass is 664 g/mol. The molecule has 0 aliphatic carbocycles. The molecule has 0 radical (unpaired) electrons. The second-order valence-corrected chi connectivity index (χ2v) is 18.6. The first-order chi connectivity index (χ1) is 23.1. The predicted octanol–water partition coefficient (Wildman–Crippen LogP) is 12.1. The second-order valence-electron chi connectivity index (χ2n) is 13.3. The minimum Gasteiger partial charge on any atom is -0.0654 e. The number of aryl methyl sites for hydroxylation is 4. The molecule has 0 nitrogen and oxygen atoms in total. The summed E-state index contributed by atoms with van der Waals surface area (Å²) in [7, 11) is -1.36. The van der Waals surface area contributed by atoms with E-state index in [2.05, 4.69) is 139 Å². The fourth-order valence-corrected chi connectivity index (χ4v) is 15.9. The van der Waals surface area contributed by atoms with E-state index in [9.17, 15) is 0 Å². The van der Waals surface area contributed by atoms with Crippen molar-refractivity contribution in [2.45, 2.75) is 136 Å². The smallest absolute Gasteiger partial charge is 0.0262 e. The maximum absolute atomic E-state index is 2.55. The Morgan fingerprint density at radius 3 is 0.809 bits per heavy atom. The zero-order valence-corrected chi connectivity index (χ0v) is 32.3. The number of benzene rings is 4. The van der Waals surface area contributed by atoms with Crippen LogP contribution >= 0.6 is 15.8 Å². The summed E-state index contributed by atoms with van der Waals surface area (Å²) in [5.41, 5.74) is 6.35. The van der Waals surface area contributed by atoms with Crippen molar-refractivity contribution in [2.75, 3.05) is 0 Å². The van der Waals surface area contributed by atoms with E-state index in [-0.39, 0.29) is 4.90 Å². The first-order valence-electron chi connectivity index (χ1n) is 19.0. The summed E-state index contributed by atoms with van der Waals surface area (Å²) in [6.45, 7) is 14.4. The first kappa shape index (κ1) is 37.6. The van der Waals surface area contributed by atoms with Gasteiger partial charge in [0.1, 0.15) is 0 Å². The molecule has 0 heterocycles. The van der Waals surface area contributed by atoms with E-state index >= 15 is 0 Å². The van der Waals surface area contributed by atoms with E-state index in [1.807, 2.05) is 0 Å². The van der Waals surface area contributed by atoms with Gasteiger partial charge in [-0.2, -0.15) is 0 Å². The minimum atomic E-state index is -0.682. The van der Waals surface area contributed by atoms with Crippen LogP contribution in [0.1, 0.15) is 128 Å². The summed E-state index contributed by atoms with van der Waals surface area (Å²) in [4.78, 5) is 0.111. The van der Waals surface area contributed by atoms with Crippen molar-refractivity contribution in [1.82, 2.24) is 0 Å². The lowest BCUT2D eigenvalue weighted by Crippen LogP contribution is -2.41. The van der Waals surface area contributed by atoms with Crippen molar-refractivity contribution in [3.63, 3.8) is 0 Å². The molecule has 0 aliphatic heterocycles. The van der Waals surface area contributed by atoms with Crippen LogP contribution in [0, 0.1) is 0 Å². The highest BCUT2D eigenvalue weighted by Crippen LogP contribution is 2.69. The maximum Gasteiger partial charge on any atom is 0.0262 e. The van der Waals surface area contributed by atoms with E-state index < -0.39 is 15.8 Å². The Labute approximate surface area is 291 Å². The molecule has 0 saturated heterocycles. The summed E-state index contributed by atoms with van der Waals surface area (Å²) >= 11 is 0. The molecule has 0 spiro atoms. The summed E-state index contributed by atoms with van der Waals surface area (Å²) in [6.07, 6.45) is 16.9. The summed E-state index contributed by atoms with van der Waals surface area (Å²) in [5.74, 6) is 0. The molecule has 47 heavy (non-hydrogen) atoms. The molecule has 0 aromatic heterocycles. The van der Waals surface area contributed by atoms with E-state index in [0.29, 0.717) is 0 Å². The predicted molar refractivity (Wildman–Crippen MR) is 216 cm³/mol. The molecular weight excluding hydrogens is 602 g/mol. The summed E-state index contributed by atoms with van der Waals surface area (Å²) in [5, 5.41) is 6.59. The molecule has 0 atom stereocenters. The van der Waals surface area contributed by atoms with Crippen LogP contribution in [0.5, 0.6) is 0 Å². The molecule has 0 amide bonds. The molecule has 4 aromatic rings. The number of rotatable bonds is 20. The number of hydrogen-bond donors (Lipinski definition) is 0. The van der Waals surface area contributed by atoms with Crippen LogP contribution in [0.4, 0.5) is 0 Å². The van der Waals surface area contributed by atoms with Gasteiger partial charge in [0.25, 0.3) is 0 Å². The average molecular weight is 665 g/mol. The van der Waals surface area contributed by atoms with Crippen molar-refractivity contribution in [3.8, 4) is 0 Å². The van der Waals surface area contributed by atoms with Gasteiger partial charge in [0.15, 0.2) is 0 Å². The Hall–Kier alpha value is -2.26. The van der Waals surface area contributed by atoms with Crippen molar-refractivity contribution in [3.05, 3.63) is 119 Å². The van der Waals surface area contributed by atoms with Crippen LogP contribution in [0.25, 0.3) is 0 Å². The first-order valence-corrected chi connectivity index (χ1v) is 21.7. The van der Waals surface area contributed by atoms with E-state index in [0.717, 1.165) is 0 Å². The molecule has 4 rings (SSSR count). The van der Waals surface area contributed by atoms with E-state index in [1.165, 1.54) is 89.9 Å². The summed E-state index contributed by atoms with van der Waals surface area (Å²) in [6, 6.07) is 38.6. The van der Waals surface area contributed by atoms with Gasteiger partial charge in [-0.1, -0.05) is 164 Å². The molecule has 0 aliphatic rings. The van der Waals surface area contributed by atoms with Gasteiger partial charge in [0.2, 0.25) is 0 Å². The van der Waals surface area contributed by atoms with Gasteiger partial charge < -0.3 is 0 Å². The quantitative estimate of drug-likeness (QED) is 0.0825. The Morgan fingerprint density at radius 2 is 0.596 bits per heavy atom. The van der Waals surface area contributed by atoms with Gasteiger partial charge in [0, 0.05) is 4.90 Å². The maximum atomic E-state index is 2.55. The highest BCUT2D eigenvalue weighted by atomic mass is 31.2. The molecule has 0 bridgehead atoms. The van der Waals surface area contributed by atoms with Crippen LogP contribution in [0.3, 0.4) is 0 Å². The lowest BCUT2D eigenvalue weighted by Gasteiger charge is -2.49. The largest absolute Gasteiger partial charge is 0.0654 e. The SMILES string of the molecule is CCCCc1ccccc1P(c1ccccc1CCCC)C(CC)(CC)P(c1ccccc1CCCC)c1ccccc1CCCC. The Morgan fingerprint density at radius 1 is 0.362 bits per heavy atom. The molecule has 0 saturated carbocycles. The van der Waals surface area contributed by atoms with Gasteiger partial charge >= 0.3 is 0 Å².